The second-order valence-electron chi connectivity index (χ2n) is 3.60. The third kappa shape index (κ3) is 3.38. The monoisotopic (exact) mass is 267 g/mol. The van der Waals surface area contributed by atoms with Crippen molar-refractivity contribution in [2.24, 2.45) is 0 Å². The predicted octanol–water partition coefficient (Wildman–Crippen LogP) is 4.35. The highest BCUT2D eigenvalue weighted by Crippen LogP contribution is 2.28. The van der Waals surface area contributed by atoms with Crippen molar-refractivity contribution >= 4 is 29.1 Å². The normalized spacial score (nSPS) is 10.5. The second-order valence-corrected chi connectivity index (χ2v) is 5.06. The van der Waals surface area contributed by atoms with Gasteiger partial charge in [0.2, 0.25) is 0 Å². The summed E-state index contributed by atoms with van der Waals surface area (Å²) in [6, 6.07) is 12.1. The number of halogens is 2. The number of nitrogens with two attached hydrogens (primary N) is 1. The summed E-state index contributed by atoms with van der Waals surface area (Å²) in [5, 5.41) is 0.550. The van der Waals surface area contributed by atoms with Gasteiger partial charge in [-0.15, -0.1) is 11.8 Å². The maximum absolute atomic E-state index is 13.0. The Bertz CT molecular complexity index is 531. The Kier molecular flexibility index (Phi) is 3.92. The Balaban J connectivity index is 2.05. The van der Waals surface area contributed by atoms with E-state index in [4.69, 9.17) is 17.3 Å². The van der Waals surface area contributed by atoms with Crippen molar-refractivity contribution in [1.82, 2.24) is 0 Å². The van der Waals surface area contributed by atoms with Crippen LogP contribution in [0.4, 0.5) is 10.1 Å². The number of nitrogen functional groups attached to an aromatic ring is 1. The first kappa shape index (κ1) is 12.3. The Morgan fingerprint density at radius 1 is 1.18 bits per heavy atom. The van der Waals surface area contributed by atoms with Gasteiger partial charge in [-0.1, -0.05) is 23.7 Å². The minimum atomic E-state index is -0.210. The van der Waals surface area contributed by atoms with Crippen LogP contribution in [0.1, 0.15) is 5.56 Å². The Labute approximate surface area is 109 Å². The van der Waals surface area contributed by atoms with Crippen molar-refractivity contribution in [3.8, 4) is 0 Å². The van der Waals surface area contributed by atoms with Crippen LogP contribution in [0.15, 0.2) is 47.4 Å². The molecule has 2 aromatic rings. The highest BCUT2D eigenvalue weighted by molar-refractivity contribution is 7.98. The molecule has 0 spiro atoms. The summed E-state index contributed by atoms with van der Waals surface area (Å²) in [4.78, 5) is 1.02. The van der Waals surface area contributed by atoms with Gasteiger partial charge in [-0.3, -0.25) is 0 Å². The molecule has 0 aliphatic heterocycles. The fraction of sp³-hybridized carbons (Fsp3) is 0.0769. The van der Waals surface area contributed by atoms with E-state index in [-0.39, 0.29) is 5.82 Å². The molecule has 0 aliphatic rings. The van der Waals surface area contributed by atoms with Crippen LogP contribution < -0.4 is 5.73 Å². The van der Waals surface area contributed by atoms with Crippen LogP contribution in [0, 0.1) is 5.82 Å². The van der Waals surface area contributed by atoms with Crippen LogP contribution in [0.25, 0.3) is 0 Å². The fourth-order valence-corrected chi connectivity index (χ4v) is 2.51. The molecule has 0 fully saturated rings. The van der Waals surface area contributed by atoms with Gasteiger partial charge in [0.15, 0.2) is 0 Å². The summed E-state index contributed by atoms with van der Waals surface area (Å²) in [5.74, 6) is 0.497. The highest BCUT2D eigenvalue weighted by atomic mass is 35.5. The lowest BCUT2D eigenvalue weighted by atomic mass is 10.2. The first-order valence-corrected chi connectivity index (χ1v) is 6.44. The molecular formula is C13H11ClFNS. The van der Waals surface area contributed by atoms with Crippen LogP contribution in [-0.2, 0) is 5.75 Å². The smallest absolute Gasteiger partial charge is 0.123 e. The molecule has 0 saturated heterocycles. The van der Waals surface area contributed by atoms with Gasteiger partial charge in [0.25, 0.3) is 0 Å². The number of hydrogen-bond donors (Lipinski definition) is 1. The van der Waals surface area contributed by atoms with E-state index in [2.05, 4.69) is 0 Å². The molecule has 0 aliphatic carbocycles. The lowest BCUT2D eigenvalue weighted by molar-refractivity contribution is 0.626. The summed E-state index contributed by atoms with van der Waals surface area (Å²) >= 11 is 7.52. The van der Waals surface area contributed by atoms with E-state index in [0.29, 0.717) is 16.5 Å². The molecule has 88 valence electrons. The molecular weight excluding hydrogens is 257 g/mol. The average Bonchev–Trinajstić information content (AvgIpc) is 2.31. The third-order valence-electron chi connectivity index (χ3n) is 2.27. The van der Waals surface area contributed by atoms with E-state index in [0.717, 1.165) is 10.5 Å². The SMILES string of the molecule is Nc1ccc(SCc2cccc(F)c2)cc1Cl. The quantitative estimate of drug-likeness (QED) is 0.661. The van der Waals surface area contributed by atoms with Gasteiger partial charge in [0.05, 0.1) is 10.7 Å². The van der Waals surface area contributed by atoms with E-state index in [1.165, 1.54) is 12.1 Å². The lowest BCUT2D eigenvalue weighted by Gasteiger charge is -2.04. The summed E-state index contributed by atoms with van der Waals surface area (Å²) < 4.78 is 13.0. The molecule has 0 radical (unpaired) electrons. The van der Waals surface area contributed by atoms with Gasteiger partial charge in [-0.2, -0.15) is 0 Å². The fourth-order valence-electron chi connectivity index (χ4n) is 1.39. The van der Waals surface area contributed by atoms with E-state index in [1.807, 2.05) is 18.2 Å². The second kappa shape index (κ2) is 5.43. The topological polar surface area (TPSA) is 26.0 Å². The van der Waals surface area contributed by atoms with Crippen molar-refractivity contribution < 1.29 is 4.39 Å². The molecule has 0 bridgehead atoms. The molecule has 1 nitrogen and oxygen atoms in total. The standard InChI is InChI=1S/C13H11ClFNS/c14-12-7-11(4-5-13(12)16)17-8-9-2-1-3-10(15)6-9/h1-7H,8,16H2. The van der Waals surface area contributed by atoms with Crippen molar-refractivity contribution in [1.29, 1.82) is 0 Å². The summed E-state index contributed by atoms with van der Waals surface area (Å²) in [6.07, 6.45) is 0. The van der Waals surface area contributed by atoms with Crippen LogP contribution in [-0.4, -0.2) is 0 Å². The maximum atomic E-state index is 13.0. The average molecular weight is 268 g/mol. The minimum absolute atomic E-state index is 0.210. The number of thioether (sulfide) groups is 1. The van der Waals surface area contributed by atoms with Gasteiger partial charge in [0, 0.05) is 10.6 Å². The molecule has 0 amide bonds. The summed E-state index contributed by atoms with van der Waals surface area (Å²) in [7, 11) is 0. The molecule has 2 aromatic carbocycles. The van der Waals surface area contributed by atoms with Gasteiger partial charge >= 0.3 is 0 Å². The zero-order chi connectivity index (χ0) is 12.3. The maximum Gasteiger partial charge on any atom is 0.123 e. The Morgan fingerprint density at radius 3 is 2.71 bits per heavy atom. The molecule has 2 N–H and O–H groups in total. The zero-order valence-electron chi connectivity index (χ0n) is 8.99. The van der Waals surface area contributed by atoms with Crippen molar-refractivity contribution in [3.05, 3.63) is 58.9 Å². The molecule has 2 rings (SSSR count). The predicted molar refractivity (Wildman–Crippen MR) is 71.8 cm³/mol. The minimum Gasteiger partial charge on any atom is -0.398 e. The zero-order valence-corrected chi connectivity index (χ0v) is 10.6. The van der Waals surface area contributed by atoms with E-state index >= 15 is 0 Å². The summed E-state index contributed by atoms with van der Waals surface area (Å²) in [6.45, 7) is 0. The van der Waals surface area contributed by atoms with Crippen LogP contribution in [0.3, 0.4) is 0 Å². The van der Waals surface area contributed by atoms with Crippen molar-refractivity contribution in [2.45, 2.75) is 10.6 Å². The van der Waals surface area contributed by atoms with Crippen LogP contribution in [0.2, 0.25) is 5.02 Å². The molecule has 0 aromatic heterocycles. The molecule has 17 heavy (non-hydrogen) atoms. The molecule has 0 atom stereocenters. The van der Waals surface area contributed by atoms with Gasteiger partial charge in [-0.25, -0.2) is 4.39 Å². The van der Waals surface area contributed by atoms with Crippen LogP contribution >= 0.6 is 23.4 Å². The van der Waals surface area contributed by atoms with E-state index in [1.54, 1.807) is 23.9 Å². The Morgan fingerprint density at radius 2 is 2.00 bits per heavy atom. The highest BCUT2D eigenvalue weighted by Gasteiger charge is 2.01. The van der Waals surface area contributed by atoms with Crippen molar-refractivity contribution in [3.63, 3.8) is 0 Å². The van der Waals surface area contributed by atoms with Gasteiger partial charge in [0.1, 0.15) is 5.82 Å². The number of anilines is 1. The first-order valence-electron chi connectivity index (χ1n) is 5.07. The number of benzene rings is 2. The van der Waals surface area contributed by atoms with E-state index < -0.39 is 0 Å². The Hall–Kier alpha value is -1.19. The molecule has 0 saturated carbocycles. The molecule has 4 heteroatoms. The van der Waals surface area contributed by atoms with Crippen molar-refractivity contribution in [2.75, 3.05) is 5.73 Å². The summed E-state index contributed by atoms with van der Waals surface area (Å²) in [5.41, 5.74) is 7.14. The largest absolute Gasteiger partial charge is 0.398 e. The van der Waals surface area contributed by atoms with Gasteiger partial charge < -0.3 is 5.73 Å². The number of hydrogen-bond acceptors (Lipinski definition) is 2. The third-order valence-corrected chi connectivity index (χ3v) is 3.66. The van der Waals surface area contributed by atoms with Crippen LogP contribution in [0.5, 0.6) is 0 Å². The number of rotatable bonds is 3. The van der Waals surface area contributed by atoms with Gasteiger partial charge in [-0.05, 0) is 35.9 Å². The molecule has 0 heterocycles. The first-order chi connectivity index (χ1) is 8.15. The van der Waals surface area contributed by atoms with E-state index in [9.17, 15) is 4.39 Å². The lowest BCUT2D eigenvalue weighted by Crippen LogP contribution is -1.86. The molecule has 0 unspecified atom stereocenters.